The van der Waals surface area contributed by atoms with Gasteiger partial charge in [-0.2, -0.15) is 0 Å². The first-order valence-electron chi connectivity index (χ1n) is 9.64. The second kappa shape index (κ2) is 9.95. The van der Waals surface area contributed by atoms with E-state index in [1.807, 2.05) is 0 Å². The number of nitrogens with zero attached hydrogens (tertiary/aromatic N) is 3. The summed E-state index contributed by atoms with van der Waals surface area (Å²) in [5.41, 5.74) is 0. The van der Waals surface area contributed by atoms with Gasteiger partial charge in [-0.3, -0.25) is 19.3 Å². The van der Waals surface area contributed by atoms with Gasteiger partial charge in [0.1, 0.15) is 13.1 Å². The van der Waals surface area contributed by atoms with Gasteiger partial charge in [0.15, 0.2) is 11.6 Å². The Labute approximate surface area is 189 Å². The van der Waals surface area contributed by atoms with Crippen LogP contribution in [0.5, 0.6) is 23.5 Å². The molecule has 2 aromatic rings. The molecule has 0 aliphatic heterocycles. The van der Waals surface area contributed by atoms with E-state index in [0.29, 0.717) is 9.46 Å². The molecule has 0 spiro atoms. The zero-order valence-corrected chi connectivity index (χ0v) is 17.3. The van der Waals surface area contributed by atoms with Crippen molar-refractivity contribution in [2.24, 2.45) is 0 Å². The van der Waals surface area contributed by atoms with E-state index in [4.69, 9.17) is 14.4 Å². The number of esters is 1. The average Bonchev–Trinajstić information content (AvgIpc) is 3.36. The summed E-state index contributed by atoms with van der Waals surface area (Å²) in [6.07, 6.45) is -1.73. The molecule has 3 rings (SSSR count). The maximum atomic E-state index is 12.3. The van der Waals surface area contributed by atoms with E-state index in [2.05, 4.69) is 0 Å². The number of aromatic nitrogens is 2. The first kappa shape index (κ1) is 24.1. The van der Waals surface area contributed by atoms with E-state index in [0.717, 1.165) is 29.2 Å². The third kappa shape index (κ3) is 5.63. The van der Waals surface area contributed by atoms with Gasteiger partial charge < -0.3 is 34.8 Å². The van der Waals surface area contributed by atoms with Gasteiger partial charge in [0.25, 0.3) is 0 Å². The van der Waals surface area contributed by atoms with Crippen molar-refractivity contribution in [2.45, 2.75) is 18.9 Å². The zero-order chi connectivity index (χ0) is 25.0. The monoisotopic (exact) mass is 481 g/mol. The lowest BCUT2D eigenvalue weighted by Crippen LogP contribution is -2.44. The highest BCUT2D eigenvalue weighted by Crippen LogP contribution is 2.20. The summed E-state index contributed by atoms with van der Waals surface area (Å²) >= 11 is 0. The molecule has 1 aliphatic rings. The second-order valence-corrected chi connectivity index (χ2v) is 7.06. The maximum Gasteiger partial charge on any atom is 0.347 e. The summed E-state index contributed by atoms with van der Waals surface area (Å²) in [5.74, 6) is -7.06. The van der Waals surface area contributed by atoms with E-state index in [-0.39, 0.29) is 12.8 Å². The molecule has 2 heterocycles. The highest BCUT2D eigenvalue weighted by atomic mass is 16.7. The smallest absolute Gasteiger partial charge is 0.347 e. The Kier molecular flexibility index (Phi) is 7.06. The molecule has 182 valence electrons. The van der Waals surface area contributed by atoms with Crippen molar-refractivity contribution in [1.82, 2.24) is 14.4 Å². The molecular weight excluding hydrogens is 462 g/mol. The number of carbonyl (C=O) groups excluding carboxylic acids is 5. The summed E-state index contributed by atoms with van der Waals surface area (Å²) in [6.45, 7) is -2.37. The van der Waals surface area contributed by atoms with Crippen LogP contribution in [-0.2, 0) is 28.7 Å². The van der Waals surface area contributed by atoms with Crippen molar-refractivity contribution in [1.29, 1.82) is 0 Å². The van der Waals surface area contributed by atoms with Crippen molar-refractivity contribution in [3.63, 3.8) is 0 Å². The van der Waals surface area contributed by atoms with Crippen molar-refractivity contribution in [2.75, 3.05) is 19.6 Å². The summed E-state index contributed by atoms with van der Waals surface area (Å²) in [7, 11) is 0. The highest BCUT2D eigenvalue weighted by molar-refractivity contribution is 6.12. The zero-order valence-electron chi connectivity index (χ0n) is 17.3. The Balaban J connectivity index is 1.68. The third-order valence-electron chi connectivity index (χ3n) is 4.49. The predicted octanol–water partition coefficient (Wildman–Crippen LogP) is -2.13. The summed E-state index contributed by atoms with van der Waals surface area (Å²) in [5, 5.41) is 38.2. The molecule has 4 N–H and O–H groups in total. The lowest BCUT2D eigenvalue weighted by molar-refractivity contribution is -0.160. The molecule has 0 unspecified atom stereocenters. The predicted molar refractivity (Wildman–Crippen MR) is 104 cm³/mol. The molecule has 1 fully saturated rings. The van der Waals surface area contributed by atoms with Crippen molar-refractivity contribution in [3.05, 3.63) is 24.3 Å². The quantitative estimate of drug-likeness (QED) is 0.223. The normalized spacial score (nSPS) is 13.9. The third-order valence-corrected chi connectivity index (χ3v) is 4.49. The molecule has 0 atom stereocenters. The van der Waals surface area contributed by atoms with Gasteiger partial charge in [-0.1, -0.05) is 0 Å². The molecule has 15 heteroatoms. The minimum Gasteiger partial charge on any atom is -0.492 e. The van der Waals surface area contributed by atoms with E-state index >= 15 is 0 Å². The summed E-state index contributed by atoms with van der Waals surface area (Å²) in [4.78, 5) is 70.5. The topological polar surface area (TPSA) is 207 Å². The molecule has 2 aromatic heterocycles. The SMILES string of the molecule is O=C(CN(CC(=O)On1c(O)ccc1O)CC(=O)On1c(O)ccc1O)OC1C(=O)CCC1=O. The molecule has 0 radical (unpaired) electrons. The molecular formula is C19H19N3O12. The van der Waals surface area contributed by atoms with Gasteiger partial charge in [0.2, 0.25) is 29.6 Å². The fourth-order valence-corrected chi connectivity index (χ4v) is 2.96. The molecule has 1 saturated carbocycles. The van der Waals surface area contributed by atoms with Crippen LogP contribution >= 0.6 is 0 Å². The first-order chi connectivity index (χ1) is 16.0. The number of hydrogen-bond acceptors (Lipinski definition) is 13. The van der Waals surface area contributed by atoms with E-state index in [1.165, 1.54) is 0 Å². The Morgan fingerprint density at radius 3 is 1.47 bits per heavy atom. The molecule has 34 heavy (non-hydrogen) atoms. The average molecular weight is 481 g/mol. The minimum atomic E-state index is -1.57. The number of ether oxygens (including phenoxy) is 1. The number of ketones is 2. The lowest BCUT2D eigenvalue weighted by Gasteiger charge is -2.20. The number of rotatable bonds is 9. The van der Waals surface area contributed by atoms with Crippen LogP contribution in [0, 0.1) is 0 Å². The van der Waals surface area contributed by atoms with Gasteiger partial charge in [0.05, 0.1) is 6.54 Å². The van der Waals surface area contributed by atoms with Crippen molar-refractivity contribution >= 4 is 29.5 Å². The Morgan fingerprint density at radius 2 is 1.09 bits per heavy atom. The highest BCUT2D eigenvalue weighted by Gasteiger charge is 2.36. The largest absolute Gasteiger partial charge is 0.492 e. The molecule has 15 nitrogen and oxygen atoms in total. The van der Waals surface area contributed by atoms with Gasteiger partial charge in [-0.25, -0.2) is 9.59 Å². The Bertz CT molecular complexity index is 1020. The minimum absolute atomic E-state index is 0.0765. The molecule has 0 bridgehead atoms. The Hall–Kier alpha value is -4.53. The van der Waals surface area contributed by atoms with Crippen LogP contribution in [0.25, 0.3) is 0 Å². The van der Waals surface area contributed by atoms with E-state index in [9.17, 15) is 44.4 Å². The van der Waals surface area contributed by atoms with Crippen LogP contribution in [0.4, 0.5) is 0 Å². The van der Waals surface area contributed by atoms with Gasteiger partial charge in [-0.15, -0.1) is 9.46 Å². The summed E-state index contributed by atoms with van der Waals surface area (Å²) in [6, 6.07) is 4.11. The van der Waals surface area contributed by atoms with Crippen molar-refractivity contribution in [3.8, 4) is 23.5 Å². The van der Waals surface area contributed by atoms with Crippen LogP contribution in [0.2, 0.25) is 0 Å². The van der Waals surface area contributed by atoms with Gasteiger partial charge in [0, 0.05) is 37.1 Å². The van der Waals surface area contributed by atoms with Crippen molar-refractivity contribution < 1.29 is 58.8 Å². The number of Topliss-reactive ketones (excluding diaryl/α,β-unsaturated/α-hetero) is 2. The fourth-order valence-electron chi connectivity index (χ4n) is 2.96. The maximum absolute atomic E-state index is 12.3. The van der Waals surface area contributed by atoms with Crippen LogP contribution in [-0.4, -0.2) is 90.0 Å². The Morgan fingerprint density at radius 1 is 0.735 bits per heavy atom. The number of hydrogen-bond donors (Lipinski definition) is 4. The molecule has 0 saturated heterocycles. The van der Waals surface area contributed by atoms with Gasteiger partial charge in [-0.05, 0) is 0 Å². The van der Waals surface area contributed by atoms with Crippen LogP contribution < -0.4 is 9.68 Å². The number of carbonyl (C=O) groups is 5. The van der Waals surface area contributed by atoms with Crippen LogP contribution in [0.15, 0.2) is 24.3 Å². The fraction of sp³-hybridized carbons (Fsp3) is 0.316. The molecule has 1 aliphatic carbocycles. The van der Waals surface area contributed by atoms with Crippen LogP contribution in [0.1, 0.15) is 12.8 Å². The number of aromatic hydroxyl groups is 4. The van der Waals surface area contributed by atoms with E-state index in [1.54, 1.807) is 0 Å². The molecule has 0 amide bonds. The van der Waals surface area contributed by atoms with E-state index < -0.39 is 78.7 Å². The van der Waals surface area contributed by atoms with Gasteiger partial charge >= 0.3 is 17.9 Å². The first-order valence-corrected chi connectivity index (χ1v) is 9.64. The lowest BCUT2D eigenvalue weighted by atomic mass is 10.3. The van der Waals surface area contributed by atoms with Crippen LogP contribution in [0.3, 0.4) is 0 Å². The molecule has 0 aromatic carbocycles. The standard InChI is InChI=1S/C19H19N3O12/c23-10-1-2-11(24)19(10)32-16(29)7-20(8-17(30)33-21-12(25)3-4-13(21)26)9-18(31)34-22-14(27)5-6-15(22)28/h3-6,19,25-28H,1-2,7-9H2. The summed E-state index contributed by atoms with van der Waals surface area (Å²) < 4.78 is 5.62. The second-order valence-electron chi connectivity index (χ2n) is 7.06.